The van der Waals surface area contributed by atoms with E-state index in [0.717, 1.165) is 43.3 Å². The average Bonchev–Trinajstić information content (AvgIpc) is 3.07. The molecule has 2 aromatic rings. The number of nitrogens with one attached hydrogen (secondary N) is 2. The Morgan fingerprint density at radius 1 is 1.22 bits per heavy atom. The molecule has 0 atom stereocenters. The van der Waals surface area contributed by atoms with E-state index in [1.54, 1.807) is 6.07 Å². The van der Waals surface area contributed by atoms with Crippen molar-refractivity contribution < 1.29 is 9.50 Å². The van der Waals surface area contributed by atoms with Crippen LogP contribution in [0.3, 0.4) is 0 Å². The fourth-order valence-electron chi connectivity index (χ4n) is 3.86. The zero-order valence-electron chi connectivity index (χ0n) is 19.3. The second-order valence-electron chi connectivity index (χ2n) is 8.13. The maximum atomic E-state index is 14.7. The molecule has 1 aliphatic heterocycles. The fraction of sp³-hybridized carbons (Fsp3) is 0.565. The second-order valence-corrected chi connectivity index (χ2v) is 8.13. The summed E-state index contributed by atoms with van der Waals surface area (Å²) >= 11 is 0. The summed E-state index contributed by atoms with van der Waals surface area (Å²) < 4.78 is 16.7. The van der Waals surface area contributed by atoms with Crippen LogP contribution >= 0.6 is 24.0 Å². The van der Waals surface area contributed by atoms with Crippen LogP contribution in [0.1, 0.15) is 43.1 Å². The number of aliphatic hydroxyl groups is 1. The first-order chi connectivity index (χ1) is 15.0. The predicted octanol–water partition coefficient (Wildman–Crippen LogP) is 3.36. The first kappa shape index (κ1) is 26.4. The number of aliphatic hydroxyl groups excluding tert-OH is 1. The number of hydrogen-bond donors (Lipinski definition) is 3. The van der Waals surface area contributed by atoms with Crippen LogP contribution in [-0.2, 0) is 13.1 Å². The Kier molecular flexibility index (Phi) is 10.7. The number of aliphatic imine (C=N–C) groups is 1. The van der Waals surface area contributed by atoms with Crippen molar-refractivity contribution in [3.05, 3.63) is 47.0 Å². The summed E-state index contributed by atoms with van der Waals surface area (Å²) in [6, 6.07) is 7.40. The van der Waals surface area contributed by atoms with Crippen LogP contribution in [0.25, 0.3) is 0 Å². The highest BCUT2D eigenvalue weighted by molar-refractivity contribution is 14.0. The van der Waals surface area contributed by atoms with E-state index >= 15 is 0 Å². The van der Waals surface area contributed by atoms with Gasteiger partial charge in [0.2, 0.25) is 0 Å². The van der Waals surface area contributed by atoms with Gasteiger partial charge in [0, 0.05) is 38.4 Å². The van der Waals surface area contributed by atoms with E-state index in [1.807, 2.05) is 35.6 Å². The summed E-state index contributed by atoms with van der Waals surface area (Å²) in [6.07, 6.45) is 2.03. The lowest BCUT2D eigenvalue weighted by atomic mass is 10.1. The number of halogens is 2. The summed E-state index contributed by atoms with van der Waals surface area (Å²) in [7, 11) is 0. The van der Waals surface area contributed by atoms with E-state index < -0.39 is 0 Å². The molecule has 178 valence electrons. The molecule has 1 saturated heterocycles. The van der Waals surface area contributed by atoms with Gasteiger partial charge in [0.15, 0.2) is 5.96 Å². The first-order valence-electron chi connectivity index (χ1n) is 11.2. The van der Waals surface area contributed by atoms with Crippen molar-refractivity contribution in [3.63, 3.8) is 0 Å². The Labute approximate surface area is 207 Å². The van der Waals surface area contributed by atoms with Crippen LogP contribution in [0.4, 0.5) is 10.1 Å². The van der Waals surface area contributed by atoms with Gasteiger partial charge >= 0.3 is 0 Å². The number of aromatic nitrogens is 2. The summed E-state index contributed by atoms with van der Waals surface area (Å²) in [4.78, 5) is 6.61. The third-order valence-electron chi connectivity index (χ3n) is 5.52. The van der Waals surface area contributed by atoms with Crippen molar-refractivity contribution in [2.45, 2.75) is 59.2 Å². The number of anilines is 1. The molecule has 0 bridgehead atoms. The van der Waals surface area contributed by atoms with Crippen molar-refractivity contribution in [2.75, 3.05) is 31.1 Å². The van der Waals surface area contributed by atoms with Gasteiger partial charge in [-0.25, -0.2) is 9.38 Å². The third-order valence-corrected chi connectivity index (χ3v) is 5.52. The maximum absolute atomic E-state index is 14.7. The van der Waals surface area contributed by atoms with Gasteiger partial charge in [-0.05, 0) is 63.8 Å². The normalized spacial score (nSPS) is 14.9. The Balaban J connectivity index is 0.00000363. The number of piperidine rings is 1. The molecule has 0 saturated carbocycles. The minimum atomic E-state index is -0.266. The molecule has 1 aromatic carbocycles. The summed E-state index contributed by atoms with van der Waals surface area (Å²) in [6.45, 7) is 10.3. The zero-order valence-corrected chi connectivity index (χ0v) is 21.6. The lowest BCUT2D eigenvalue weighted by Gasteiger charge is -2.31. The molecule has 0 spiro atoms. The fourth-order valence-corrected chi connectivity index (χ4v) is 3.86. The Bertz CT molecular complexity index is 879. The molecule has 0 radical (unpaired) electrons. The summed E-state index contributed by atoms with van der Waals surface area (Å²) in [5.74, 6) is 0.498. The Morgan fingerprint density at radius 2 is 1.97 bits per heavy atom. The van der Waals surface area contributed by atoms with Gasteiger partial charge in [0.25, 0.3) is 0 Å². The van der Waals surface area contributed by atoms with E-state index in [4.69, 9.17) is 0 Å². The number of hydrogen-bond acceptors (Lipinski definition) is 4. The van der Waals surface area contributed by atoms with E-state index in [1.165, 1.54) is 5.69 Å². The topological polar surface area (TPSA) is 77.7 Å². The highest BCUT2D eigenvalue weighted by atomic mass is 127. The van der Waals surface area contributed by atoms with Crippen molar-refractivity contribution in [1.82, 2.24) is 20.4 Å². The van der Waals surface area contributed by atoms with Gasteiger partial charge < -0.3 is 20.6 Å². The molecule has 3 N–H and O–H groups in total. The van der Waals surface area contributed by atoms with Gasteiger partial charge in [-0.15, -0.1) is 24.0 Å². The molecule has 0 unspecified atom stereocenters. The van der Waals surface area contributed by atoms with Crippen LogP contribution in [0.5, 0.6) is 0 Å². The minimum absolute atomic E-state index is 0. The van der Waals surface area contributed by atoms with E-state index in [2.05, 4.69) is 33.7 Å². The molecule has 9 heteroatoms. The van der Waals surface area contributed by atoms with Crippen molar-refractivity contribution in [2.24, 2.45) is 4.99 Å². The lowest BCUT2D eigenvalue weighted by molar-refractivity contribution is 0.145. The summed E-state index contributed by atoms with van der Waals surface area (Å²) in [5.41, 5.74) is 3.65. The van der Waals surface area contributed by atoms with Crippen LogP contribution < -0.4 is 15.5 Å². The molecule has 1 fully saturated rings. The molecular formula is C23H36FIN6O. The highest BCUT2D eigenvalue weighted by Gasteiger charge is 2.19. The van der Waals surface area contributed by atoms with Gasteiger partial charge in [-0.3, -0.25) is 4.68 Å². The lowest BCUT2D eigenvalue weighted by Crippen LogP contribution is -2.38. The molecule has 7 nitrogen and oxygen atoms in total. The smallest absolute Gasteiger partial charge is 0.191 e. The maximum Gasteiger partial charge on any atom is 0.191 e. The standard InChI is InChI=1S/C23H35FN6O.HI/c1-4-25-23(26-10-5-11-30-18(3)14-17(2)28-30)27-16-19-6-7-22(21(24)15-19)29-12-8-20(31)9-13-29;/h6-7,14-15,20,31H,4-5,8-13,16H2,1-3H3,(H2,25,26,27);1H. The molecule has 1 aromatic heterocycles. The van der Waals surface area contributed by atoms with Crippen LogP contribution in [0.2, 0.25) is 0 Å². The monoisotopic (exact) mass is 558 g/mol. The van der Waals surface area contributed by atoms with Gasteiger partial charge in [-0.1, -0.05) is 6.07 Å². The molecule has 1 aliphatic rings. The van der Waals surface area contributed by atoms with E-state index in [0.29, 0.717) is 38.2 Å². The summed E-state index contributed by atoms with van der Waals surface area (Å²) in [5, 5.41) is 20.7. The number of benzene rings is 1. The van der Waals surface area contributed by atoms with Crippen molar-refractivity contribution >= 4 is 35.6 Å². The SMILES string of the molecule is CCNC(=NCc1ccc(N2CCC(O)CC2)c(F)c1)NCCCn1nc(C)cc1C.I. The van der Waals surface area contributed by atoms with Crippen LogP contribution in [0.15, 0.2) is 29.3 Å². The van der Waals surface area contributed by atoms with Crippen LogP contribution in [-0.4, -0.2) is 53.1 Å². The zero-order chi connectivity index (χ0) is 22.2. The Morgan fingerprint density at radius 3 is 2.59 bits per heavy atom. The van der Waals surface area contributed by atoms with Crippen molar-refractivity contribution in [3.8, 4) is 0 Å². The molecule has 0 amide bonds. The molecule has 3 rings (SSSR count). The largest absolute Gasteiger partial charge is 0.393 e. The number of guanidine groups is 1. The highest BCUT2D eigenvalue weighted by Crippen LogP contribution is 2.24. The average molecular weight is 558 g/mol. The molecule has 2 heterocycles. The number of aryl methyl sites for hydroxylation is 3. The van der Waals surface area contributed by atoms with Gasteiger partial charge in [0.1, 0.15) is 5.82 Å². The number of nitrogens with zero attached hydrogens (tertiary/aromatic N) is 4. The quantitative estimate of drug-likeness (QED) is 0.201. The van der Waals surface area contributed by atoms with E-state index in [-0.39, 0.29) is 35.9 Å². The number of rotatable bonds is 8. The molecule has 32 heavy (non-hydrogen) atoms. The van der Waals surface area contributed by atoms with Crippen molar-refractivity contribution in [1.29, 1.82) is 0 Å². The van der Waals surface area contributed by atoms with Crippen LogP contribution in [0, 0.1) is 19.7 Å². The Hall–Kier alpha value is -1.88. The molecular weight excluding hydrogens is 522 g/mol. The second kappa shape index (κ2) is 13.0. The predicted molar refractivity (Wildman–Crippen MR) is 138 cm³/mol. The van der Waals surface area contributed by atoms with Gasteiger partial charge in [-0.2, -0.15) is 5.10 Å². The van der Waals surface area contributed by atoms with Gasteiger partial charge in [0.05, 0.1) is 24.0 Å². The first-order valence-corrected chi connectivity index (χ1v) is 11.2. The minimum Gasteiger partial charge on any atom is -0.393 e. The third kappa shape index (κ3) is 7.61. The molecule has 0 aliphatic carbocycles. The van der Waals surface area contributed by atoms with E-state index in [9.17, 15) is 9.50 Å².